The summed E-state index contributed by atoms with van der Waals surface area (Å²) in [5, 5.41) is 0.841. The molecule has 2 heteroatoms. The summed E-state index contributed by atoms with van der Waals surface area (Å²) >= 11 is 8.93. The monoisotopic (exact) mass is 574 g/mol. The van der Waals surface area contributed by atoms with Crippen LogP contribution in [0.2, 0.25) is 5.02 Å². The number of fused-ring (bicyclic) bond motifs is 12. The van der Waals surface area contributed by atoms with Gasteiger partial charge in [-0.25, -0.2) is 0 Å². The molecule has 0 aromatic heterocycles. The van der Waals surface area contributed by atoms with Gasteiger partial charge < -0.3 is 0 Å². The van der Waals surface area contributed by atoms with Crippen molar-refractivity contribution in [3.05, 3.63) is 166 Å². The Morgan fingerprint density at radius 1 is 0.476 bits per heavy atom. The van der Waals surface area contributed by atoms with Crippen molar-refractivity contribution in [2.75, 3.05) is 0 Å². The highest BCUT2D eigenvalue weighted by Gasteiger charge is 2.50. The van der Waals surface area contributed by atoms with Crippen LogP contribution in [0.5, 0.6) is 0 Å². The highest BCUT2D eigenvalue weighted by molar-refractivity contribution is 7.99. The maximum Gasteiger partial charge on any atom is 0.0735 e. The lowest BCUT2D eigenvalue weighted by Crippen LogP contribution is -2.32. The van der Waals surface area contributed by atoms with Crippen molar-refractivity contribution in [2.24, 2.45) is 0 Å². The summed E-state index contributed by atoms with van der Waals surface area (Å²) in [4.78, 5) is 2.64. The molecular formula is C40H27ClS. The Morgan fingerprint density at radius 2 is 1.02 bits per heavy atom. The van der Waals surface area contributed by atoms with Crippen LogP contribution in [0.3, 0.4) is 0 Å². The van der Waals surface area contributed by atoms with Crippen LogP contribution in [-0.2, 0) is 10.8 Å². The minimum absolute atomic E-state index is 0.168. The van der Waals surface area contributed by atoms with Gasteiger partial charge in [-0.3, -0.25) is 0 Å². The molecule has 0 saturated heterocycles. The second-order valence-electron chi connectivity index (χ2n) is 12.1. The molecule has 2 aliphatic carbocycles. The Morgan fingerprint density at radius 3 is 1.74 bits per heavy atom. The lowest BCUT2D eigenvalue weighted by Gasteiger charge is -2.40. The Bertz CT molecular complexity index is 2070. The minimum atomic E-state index is -0.382. The molecule has 0 nitrogen and oxygen atoms in total. The first-order valence-electron chi connectivity index (χ1n) is 14.6. The fourth-order valence-corrected chi connectivity index (χ4v) is 9.87. The van der Waals surface area contributed by atoms with E-state index in [4.69, 9.17) is 11.6 Å². The lowest BCUT2D eigenvalue weighted by atomic mass is 9.67. The average Bonchev–Trinajstić information content (AvgIpc) is 3.45. The zero-order chi connectivity index (χ0) is 28.2. The number of hydrogen-bond acceptors (Lipinski definition) is 1. The summed E-state index contributed by atoms with van der Waals surface area (Å²) in [6.07, 6.45) is 0. The topological polar surface area (TPSA) is 0 Å². The van der Waals surface area contributed by atoms with Crippen LogP contribution < -0.4 is 0 Å². The van der Waals surface area contributed by atoms with Gasteiger partial charge in [0.15, 0.2) is 0 Å². The second-order valence-corrected chi connectivity index (χ2v) is 13.6. The van der Waals surface area contributed by atoms with Crippen molar-refractivity contribution < 1.29 is 0 Å². The largest absolute Gasteiger partial charge is 0.0887 e. The van der Waals surface area contributed by atoms with Gasteiger partial charge in [-0.1, -0.05) is 152 Å². The Balaban J connectivity index is 1.41. The van der Waals surface area contributed by atoms with Crippen LogP contribution in [0, 0.1) is 0 Å². The number of halogens is 1. The van der Waals surface area contributed by atoms with Crippen LogP contribution in [-0.4, -0.2) is 0 Å². The van der Waals surface area contributed by atoms with Gasteiger partial charge in [0, 0.05) is 20.2 Å². The summed E-state index contributed by atoms with van der Waals surface area (Å²) in [6.45, 7) is 4.61. The molecule has 200 valence electrons. The lowest BCUT2D eigenvalue weighted by molar-refractivity contribution is 0.660. The zero-order valence-corrected chi connectivity index (χ0v) is 25.0. The fourth-order valence-electron chi connectivity index (χ4n) is 8.16. The van der Waals surface area contributed by atoms with Gasteiger partial charge >= 0.3 is 0 Å². The number of hydrogen-bond donors (Lipinski definition) is 0. The molecular weight excluding hydrogens is 548 g/mol. The van der Waals surface area contributed by atoms with Crippen molar-refractivity contribution in [1.29, 1.82) is 0 Å². The van der Waals surface area contributed by atoms with Crippen LogP contribution in [0.15, 0.2) is 137 Å². The molecule has 0 amide bonds. The molecule has 9 rings (SSSR count). The standard InChI is InChI=1S/C40H27ClS/c1-39(2)29-16-6-5-14-28(29)36-26(22-23-34(41)37(36)39)27-15-11-20-33-38(27)42-35-21-10-9-19-32(35)40(33)30-17-7-3-12-24(30)25-13-4-8-18-31(25)40/h3-23H,1-2H3. The maximum absolute atomic E-state index is 7.02. The molecule has 0 saturated carbocycles. The molecule has 6 aromatic carbocycles. The fraction of sp³-hybridized carbons (Fsp3) is 0.100. The van der Waals surface area contributed by atoms with Gasteiger partial charge in [0.05, 0.1) is 5.41 Å². The molecule has 0 fully saturated rings. The molecule has 42 heavy (non-hydrogen) atoms. The van der Waals surface area contributed by atoms with Gasteiger partial charge in [-0.05, 0) is 78.9 Å². The maximum atomic E-state index is 7.02. The van der Waals surface area contributed by atoms with E-state index in [9.17, 15) is 0 Å². The molecule has 0 atom stereocenters. The van der Waals surface area contributed by atoms with Gasteiger partial charge in [0.2, 0.25) is 0 Å². The smallest absolute Gasteiger partial charge is 0.0735 e. The second kappa shape index (κ2) is 8.51. The van der Waals surface area contributed by atoms with E-state index in [0.717, 1.165) is 5.02 Å². The van der Waals surface area contributed by atoms with Crippen molar-refractivity contribution in [1.82, 2.24) is 0 Å². The summed E-state index contributed by atoms with van der Waals surface area (Å²) in [6, 6.07) is 47.2. The third-order valence-electron chi connectivity index (χ3n) is 9.81. The van der Waals surface area contributed by atoms with Crippen molar-refractivity contribution in [3.8, 4) is 33.4 Å². The normalized spacial score (nSPS) is 15.8. The third kappa shape index (κ3) is 2.91. The van der Waals surface area contributed by atoms with E-state index in [-0.39, 0.29) is 10.8 Å². The van der Waals surface area contributed by atoms with E-state index >= 15 is 0 Å². The van der Waals surface area contributed by atoms with E-state index in [1.165, 1.54) is 76.6 Å². The molecule has 1 spiro atoms. The van der Waals surface area contributed by atoms with E-state index in [1.54, 1.807) is 0 Å². The van der Waals surface area contributed by atoms with Crippen molar-refractivity contribution in [3.63, 3.8) is 0 Å². The average molecular weight is 575 g/mol. The summed E-state index contributed by atoms with van der Waals surface area (Å²) in [5.74, 6) is 0. The molecule has 0 unspecified atom stereocenters. The van der Waals surface area contributed by atoms with Crippen LogP contribution in [0.4, 0.5) is 0 Å². The van der Waals surface area contributed by atoms with Crippen LogP contribution in [0.1, 0.15) is 47.2 Å². The van der Waals surface area contributed by atoms with E-state index in [0.29, 0.717) is 0 Å². The zero-order valence-electron chi connectivity index (χ0n) is 23.4. The highest BCUT2D eigenvalue weighted by atomic mass is 35.5. The molecule has 6 aromatic rings. The summed E-state index contributed by atoms with van der Waals surface area (Å²) in [5.41, 5.74) is 15.2. The summed E-state index contributed by atoms with van der Waals surface area (Å²) in [7, 11) is 0. The van der Waals surface area contributed by atoms with E-state index in [1.807, 2.05) is 11.8 Å². The van der Waals surface area contributed by atoms with Gasteiger partial charge in [0.1, 0.15) is 0 Å². The quantitative estimate of drug-likeness (QED) is 0.188. The predicted molar refractivity (Wildman–Crippen MR) is 176 cm³/mol. The van der Waals surface area contributed by atoms with Gasteiger partial charge in [-0.2, -0.15) is 0 Å². The molecule has 0 bridgehead atoms. The minimum Gasteiger partial charge on any atom is -0.0887 e. The Hall–Kier alpha value is -4.04. The summed E-state index contributed by atoms with van der Waals surface area (Å²) < 4.78 is 0. The molecule has 0 N–H and O–H groups in total. The Kier molecular flexibility index (Phi) is 4.97. The van der Waals surface area contributed by atoms with Gasteiger partial charge in [-0.15, -0.1) is 0 Å². The molecule has 3 aliphatic rings. The highest BCUT2D eigenvalue weighted by Crippen LogP contribution is 2.64. The third-order valence-corrected chi connectivity index (χ3v) is 11.3. The van der Waals surface area contributed by atoms with Crippen LogP contribution >= 0.6 is 23.4 Å². The van der Waals surface area contributed by atoms with Crippen LogP contribution in [0.25, 0.3) is 33.4 Å². The van der Waals surface area contributed by atoms with Gasteiger partial charge in [0.25, 0.3) is 0 Å². The molecule has 1 heterocycles. The molecule has 0 radical (unpaired) electrons. The first kappa shape index (κ1) is 24.5. The number of rotatable bonds is 1. The SMILES string of the molecule is CC1(C)c2ccccc2-c2c(-c3cccc4c3Sc3ccccc3C43c4ccccc4-c4ccccc43)ccc(Cl)c21. The first-order chi connectivity index (χ1) is 20.5. The predicted octanol–water partition coefficient (Wildman–Crippen LogP) is 11.1. The molecule has 1 aliphatic heterocycles. The number of benzene rings is 6. The van der Waals surface area contributed by atoms with E-state index < -0.39 is 0 Å². The van der Waals surface area contributed by atoms with Crippen molar-refractivity contribution >= 4 is 23.4 Å². The Labute approximate surface area is 256 Å². The van der Waals surface area contributed by atoms with E-state index in [2.05, 4.69) is 141 Å². The first-order valence-corrected chi connectivity index (χ1v) is 15.8. The van der Waals surface area contributed by atoms with Crippen molar-refractivity contribution in [2.45, 2.75) is 34.5 Å².